The lowest BCUT2D eigenvalue weighted by atomic mass is 10.2. The number of para-hydroxylation sites is 6. The number of oxazole rings is 3. The maximum Gasteiger partial charge on any atom is 0.246 e. The summed E-state index contributed by atoms with van der Waals surface area (Å²) in [7, 11) is 0. The zero-order chi connectivity index (χ0) is 21.8. The SMILES string of the molecule is c1ccc2oc(-c3cc(-c4nc5ccccc5o4)nc(-c4nc5ccccc5o4)c3)nc2c1. The van der Waals surface area contributed by atoms with Crippen LogP contribution in [0.4, 0.5) is 0 Å². The molecule has 0 amide bonds. The molecule has 0 saturated heterocycles. The predicted molar refractivity (Wildman–Crippen MR) is 123 cm³/mol. The van der Waals surface area contributed by atoms with Crippen molar-refractivity contribution in [3.8, 4) is 34.6 Å². The minimum atomic E-state index is 0.395. The molecule has 156 valence electrons. The quantitative estimate of drug-likeness (QED) is 0.316. The van der Waals surface area contributed by atoms with Crippen molar-refractivity contribution in [3.63, 3.8) is 0 Å². The molecule has 7 heteroatoms. The molecule has 4 aromatic heterocycles. The molecular weight excluding hydrogens is 416 g/mol. The highest BCUT2D eigenvalue weighted by Crippen LogP contribution is 2.33. The van der Waals surface area contributed by atoms with Gasteiger partial charge in [-0.3, -0.25) is 0 Å². The molecule has 0 bridgehead atoms. The van der Waals surface area contributed by atoms with Crippen LogP contribution >= 0.6 is 0 Å². The third kappa shape index (κ3) is 2.98. The molecule has 0 saturated carbocycles. The number of hydrogen-bond donors (Lipinski definition) is 0. The van der Waals surface area contributed by atoms with E-state index in [1.54, 1.807) is 0 Å². The summed E-state index contributed by atoms with van der Waals surface area (Å²) in [6.45, 7) is 0. The molecule has 7 rings (SSSR count). The molecule has 0 N–H and O–H groups in total. The average molecular weight is 430 g/mol. The average Bonchev–Trinajstić information content (AvgIpc) is 3.59. The lowest BCUT2D eigenvalue weighted by Crippen LogP contribution is -1.91. The third-order valence-electron chi connectivity index (χ3n) is 5.39. The van der Waals surface area contributed by atoms with E-state index in [2.05, 4.69) is 15.0 Å². The van der Waals surface area contributed by atoms with Crippen LogP contribution in [-0.4, -0.2) is 19.9 Å². The fourth-order valence-corrected chi connectivity index (χ4v) is 3.83. The molecule has 0 fully saturated rings. The van der Waals surface area contributed by atoms with Gasteiger partial charge in [-0.15, -0.1) is 0 Å². The fourth-order valence-electron chi connectivity index (χ4n) is 3.83. The fraction of sp³-hybridized carbons (Fsp3) is 0. The molecule has 7 aromatic rings. The molecule has 4 heterocycles. The van der Waals surface area contributed by atoms with Crippen LogP contribution in [0, 0.1) is 0 Å². The van der Waals surface area contributed by atoms with Gasteiger partial charge in [-0.1, -0.05) is 36.4 Å². The third-order valence-corrected chi connectivity index (χ3v) is 5.39. The zero-order valence-corrected chi connectivity index (χ0v) is 17.1. The van der Waals surface area contributed by atoms with Gasteiger partial charge >= 0.3 is 0 Å². The van der Waals surface area contributed by atoms with Gasteiger partial charge < -0.3 is 13.3 Å². The standard InChI is InChI=1S/C26H14N4O3/c1-4-10-21-16(7-1)28-24(31-21)15-13-19(25-29-17-8-2-5-11-22(17)32-25)27-20(14-15)26-30-18-9-3-6-12-23(18)33-26/h1-14H. The minimum Gasteiger partial charge on any atom is -0.436 e. The molecule has 0 unspecified atom stereocenters. The Hall–Kier alpha value is -4.78. The molecule has 0 spiro atoms. The van der Waals surface area contributed by atoms with Crippen LogP contribution in [0.15, 0.2) is 98.2 Å². The van der Waals surface area contributed by atoms with E-state index < -0.39 is 0 Å². The summed E-state index contributed by atoms with van der Waals surface area (Å²) in [5.41, 5.74) is 6.14. The summed E-state index contributed by atoms with van der Waals surface area (Å²) in [4.78, 5) is 18.6. The monoisotopic (exact) mass is 430 g/mol. The second-order valence-corrected chi connectivity index (χ2v) is 7.59. The van der Waals surface area contributed by atoms with E-state index in [9.17, 15) is 0 Å². The Morgan fingerprint density at radius 1 is 0.424 bits per heavy atom. The van der Waals surface area contributed by atoms with Crippen molar-refractivity contribution in [2.24, 2.45) is 0 Å². The Morgan fingerprint density at radius 3 is 1.27 bits per heavy atom. The van der Waals surface area contributed by atoms with Crippen LogP contribution in [-0.2, 0) is 0 Å². The van der Waals surface area contributed by atoms with Crippen LogP contribution in [0.3, 0.4) is 0 Å². The van der Waals surface area contributed by atoms with Crippen molar-refractivity contribution >= 4 is 33.3 Å². The van der Waals surface area contributed by atoms with E-state index in [4.69, 9.17) is 18.2 Å². The van der Waals surface area contributed by atoms with Crippen molar-refractivity contribution in [2.75, 3.05) is 0 Å². The number of aromatic nitrogens is 4. The van der Waals surface area contributed by atoms with Crippen LogP contribution in [0.25, 0.3) is 67.9 Å². The second kappa shape index (κ2) is 6.86. The molecule has 7 nitrogen and oxygen atoms in total. The zero-order valence-electron chi connectivity index (χ0n) is 17.1. The highest BCUT2D eigenvalue weighted by Gasteiger charge is 2.19. The lowest BCUT2D eigenvalue weighted by Gasteiger charge is -2.03. The van der Waals surface area contributed by atoms with Crippen molar-refractivity contribution in [3.05, 3.63) is 84.9 Å². The second-order valence-electron chi connectivity index (χ2n) is 7.59. The van der Waals surface area contributed by atoms with Crippen molar-refractivity contribution < 1.29 is 13.3 Å². The van der Waals surface area contributed by atoms with Crippen molar-refractivity contribution in [2.45, 2.75) is 0 Å². The highest BCUT2D eigenvalue weighted by atomic mass is 16.4. The van der Waals surface area contributed by atoms with Gasteiger partial charge in [-0.2, -0.15) is 0 Å². The lowest BCUT2D eigenvalue weighted by molar-refractivity contribution is 0.609. The normalized spacial score (nSPS) is 11.6. The highest BCUT2D eigenvalue weighted by molar-refractivity contribution is 5.81. The van der Waals surface area contributed by atoms with Crippen molar-refractivity contribution in [1.82, 2.24) is 19.9 Å². The first-order valence-electron chi connectivity index (χ1n) is 10.4. The van der Waals surface area contributed by atoms with Gasteiger partial charge in [-0.25, -0.2) is 19.9 Å². The molecule has 0 atom stereocenters. The molecule has 33 heavy (non-hydrogen) atoms. The first-order valence-corrected chi connectivity index (χ1v) is 10.4. The number of fused-ring (bicyclic) bond motifs is 3. The van der Waals surface area contributed by atoms with Gasteiger partial charge in [0, 0.05) is 5.56 Å². The largest absolute Gasteiger partial charge is 0.436 e. The summed E-state index contributed by atoms with van der Waals surface area (Å²) in [6.07, 6.45) is 0. The summed E-state index contributed by atoms with van der Waals surface area (Å²) in [5.74, 6) is 1.26. The molecule has 3 aromatic carbocycles. The Bertz CT molecular complexity index is 1470. The van der Waals surface area contributed by atoms with E-state index in [0.717, 1.165) is 22.1 Å². The minimum absolute atomic E-state index is 0.395. The van der Waals surface area contributed by atoms with Crippen LogP contribution in [0.2, 0.25) is 0 Å². The van der Waals surface area contributed by atoms with E-state index >= 15 is 0 Å². The smallest absolute Gasteiger partial charge is 0.246 e. The van der Waals surface area contributed by atoms with E-state index in [1.807, 2.05) is 84.9 Å². The molecule has 0 aliphatic carbocycles. The Morgan fingerprint density at radius 2 is 0.818 bits per heavy atom. The molecule has 0 radical (unpaired) electrons. The van der Waals surface area contributed by atoms with Crippen LogP contribution < -0.4 is 0 Å². The van der Waals surface area contributed by atoms with Gasteiger partial charge in [0.25, 0.3) is 0 Å². The number of benzene rings is 3. The van der Waals surface area contributed by atoms with Crippen molar-refractivity contribution in [1.29, 1.82) is 0 Å². The van der Waals surface area contributed by atoms with Gasteiger partial charge in [0.05, 0.1) is 0 Å². The van der Waals surface area contributed by atoms with Crippen LogP contribution in [0.1, 0.15) is 0 Å². The van der Waals surface area contributed by atoms with Crippen LogP contribution in [0.5, 0.6) is 0 Å². The number of rotatable bonds is 3. The van der Waals surface area contributed by atoms with Gasteiger partial charge in [-0.05, 0) is 48.5 Å². The van der Waals surface area contributed by atoms with Gasteiger partial charge in [0.1, 0.15) is 27.9 Å². The topological polar surface area (TPSA) is 91.0 Å². The first-order chi connectivity index (χ1) is 16.3. The number of pyridine rings is 1. The van der Waals surface area contributed by atoms with E-state index in [1.165, 1.54) is 0 Å². The predicted octanol–water partition coefficient (Wildman–Crippen LogP) is 6.51. The summed E-state index contributed by atoms with van der Waals surface area (Å²) in [5, 5.41) is 0. The maximum atomic E-state index is 6.01. The summed E-state index contributed by atoms with van der Waals surface area (Å²) >= 11 is 0. The number of nitrogens with zero attached hydrogens (tertiary/aromatic N) is 4. The number of hydrogen-bond acceptors (Lipinski definition) is 7. The van der Waals surface area contributed by atoms with E-state index in [0.29, 0.717) is 45.8 Å². The summed E-state index contributed by atoms with van der Waals surface area (Å²) < 4.78 is 18.0. The summed E-state index contributed by atoms with van der Waals surface area (Å²) in [6, 6.07) is 26.5. The Kier molecular flexibility index (Phi) is 3.71. The Balaban J connectivity index is 1.46. The maximum absolute atomic E-state index is 6.01. The molecular formula is C26H14N4O3. The first kappa shape index (κ1) is 17.9. The van der Waals surface area contributed by atoms with Gasteiger partial charge in [0.15, 0.2) is 16.7 Å². The Labute approximate surface area is 186 Å². The molecule has 0 aliphatic rings. The molecule has 0 aliphatic heterocycles. The van der Waals surface area contributed by atoms with E-state index in [-0.39, 0.29) is 0 Å². The van der Waals surface area contributed by atoms with Gasteiger partial charge in [0.2, 0.25) is 17.7 Å².